The van der Waals surface area contributed by atoms with Crippen LogP contribution in [0.5, 0.6) is 5.75 Å². The number of benzene rings is 1. The van der Waals surface area contributed by atoms with Crippen molar-refractivity contribution in [3.8, 4) is 5.75 Å². The number of nitrogens with two attached hydrogens (primary N) is 1. The maximum atomic E-state index is 11.3. The molecule has 0 aromatic heterocycles. The molecule has 0 amide bonds. The lowest BCUT2D eigenvalue weighted by molar-refractivity contribution is -0.136. The Morgan fingerprint density at radius 1 is 1.29 bits per heavy atom. The first-order chi connectivity index (χ1) is 7.71. The fourth-order valence-corrected chi connectivity index (χ4v) is 1.23. The molecule has 0 aliphatic carbocycles. The Morgan fingerprint density at radius 3 is 2.29 bits per heavy atom. The average molecular weight is 258 g/mol. The van der Waals surface area contributed by atoms with E-state index in [9.17, 15) is 4.79 Å². The zero-order chi connectivity index (χ0) is 12.0. The largest absolute Gasteiger partial charge is 0.497 e. The number of hydrogen-bond acceptors (Lipinski definition) is 4. The lowest BCUT2D eigenvalue weighted by Gasteiger charge is -2.03. The molecule has 0 radical (unpaired) electrons. The minimum absolute atomic E-state index is 0. The van der Waals surface area contributed by atoms with Gasteiger partial charge in [0, 0.05) is 6.54 Å². The molecule has 5 heteroatoms. The second-order valence-corrected chi connectivity index (χ2v) is 3.14. The van der Waals surface area contributed by atoms with Gasteiger partial charge >= 0.3 is 5.97 Å². The number of ether oxygens (including phenoxy) is 2. The second kappa shape index (κ2) is 7.70. The zero-order valence-corrected chi connectivity index (χ0v) is 10.6. The van der Waals surface area contributed by atoms with Crippen molar-refractivity contribution in [2.45, 2.75) is 0 Å². The van der Waals surface area contributed by atoms with Crippen LogP contribution < -0.4 is 10.5 Å². The molecule has 0 heterocycles. The molecule has 0 aliphatic rings. The van der Waals surface area contributed by atoms with Gasteiger partial charge in [0.2, 0.25) is 0 Å². The molecule has 2 N–H and O–H groups in total. The number of carbonyl (C=O) groups is 1. The molecule has 0 fully saturated rings. The highest BCUT2D eigenvalue weighted by atomic mass is 35.5. The summed E-state index contributed by atoms with van der Waals surface area (Å²) in [5, 5.41) is 0. The molecular formula is C12H16ClNO3. The summed E-state index contributed by atoms with van der Waals surface area (Å²) in [6.07, 6.45) is 1.70. The molecule has 0 saturated carbocycles. The number of hydrogen-bond donors (Lipinski definition) is 1. The topological polar surface area (TPSA) is 61.5 Å². The molecule has 0 bridgehead atoms. The van der Waals surface area contributed by atoms with E-state index in [1.807, 2.05) is 24.3 Å². The van der Waals surface area contributed by atoms with Crippen molar-refractivity contribution in [1.82, 2.24) is 0 Å². The lowest BCUT2D eigenvalue weighted by Crippen LogP contribution is -2.13. The van der Waals surface area contributed by atoms with Gasteiger partial charge in [0.25, 0.3) is 0 Å². The van der Waals surface area contributed by atoms with Crippen molar-refractivity contribution in [1.29, 1.82) is 0 Å². The van der Waals surface area contributed by atoms with Gasteiger partial charge in [0.15, 0.2) is 0 Å². The lowest BCUT2D eigenvalue weighted by atomic mass is 10.1. The smallest absolute Gasteiger partial charge is 0.335 e. The maximum absolute atomic E-state index is 11.3. The number of halogens is 1. The Labute approximate surface area is 107 Å². The predicted molar refractivity (Wildman–Crippen MR) is 69.3 cm³/mol. The van der Waals surface area contributed by atoms with Gasteiger partial charge in [-0.1, -0.05) is 12.1 Å². The standard InChI is InChI=1S/C12H15NO3.ClH/c1-15-11-5-3-9(4-6-11)7-10(8-13)12(14)16-2;/h3-7H,8,13H2,1-2H3;1H. The Bertz CT molecular complexity index is 387. The average Bonchev–Trinajstić information content (AvgIpc) is 2.35. The summed E-state index contributed by atoms with van der Waals surface area (Å²) in [7, 11) is 2.93. The van der Waals surface area contributed by atoms with Crippen LogP contribution in [0, 0.1) is 0 Å². The predicted octanol–water partition coefficient (Wildman–Crippen LogP) is 1.63. The molecule has 17 heavy (non-hydrogen) atoms. The Hall–Kier alpha value is -1.52. The third-order valence-corrected chi connectivity index (χ3v) is 2.12. The van der Waals surface area contributed by atoms with Gasteiger partial charge in [-0.15, -0.1) is 12.4 Å². The molecule has 0 unspecified atom stereocenters. The Balaban J connectivity index is 0.00000256. The first kappa shape index (κ1) is 15.5. The Kier molecular flexibility index (Phi) is 7.02. The summed E-state index contributed by atoms with van der Waals surface area (Å²) in [5.41, 5.74) is 6.78. The van der Waals surface area contributed by atoms with Gasteiger partial charge in [0.05, 0.1) is 19.8 Å². The molecule has 0 aliphatic heterocycles. The van der Waals surface area contributed by atoms with E-state index < -0.39 is 5.97 Å². The van der Waals surface area contributed by atoms with E-state index in [4.69, 9.17) is 10.5 Å². The highest BCUT2D eigenvalue weighted by Crippen LogP contribution is 2.14. The van der Waals surface area contributed by atoms with E-state index in [1.165, 1.54) is 7.11 Å². The Morgan fingerprint density at radius 2 is 1.88 bits per heavy atom. The van der Waals surface area contributed by atoms with E-state index in [0.717, 1.165) is 11.3 Å². The van der Waals surface area contributed by atoms with Crippen molar-refractivity contribution < 1.29 is 14.3 Å². The molecule has 1 aromatic carbocycles. The normalized spacial score (nSPS) is 10.4. The van der Waals surface area contributed by atoms with Gasteiger partial charge in [-0.05, 0) is 23.8 Å². The highest BCUT2D eigenvalue weighted by molar-refractivity contribution is 5.94. The van der Waals surface area contributed by atoms with Crippen LogP contribution in [0.4, 0.5) is 0 Å². The van der Waals surface area contributed by atoms with Crippen LogP contribution in [0.25, 0.3) is 6.08 Å². The van der Waals surface area contributed by atoms with Gasteiger partial charge in [-0.2, -0.15) is 0 Å². The van der Waals surface area contributed by atoms with Gasteiger partial charge in [0.1, 0.15) is 5.75 Å². The monoisotopic (exact) mass is 257 g/mol. The van der Waals surface area contributed by atoms with Crippen molar-refractivity contribution >= 4 is 24.5 Å². The van der Waals surface area contributed by atoms with Crippen LogP contribution in [0.2, 0.25) is 0 Å². The van der Waals surface area contributed by atoms with Gasteiger partial charge in [-0.25, -0.2) is 4.79 Å². The first-order valence-corrected chi connectivity index (χ1v) is 4.84. The summed E-state index contributed by atoms with van der Waals surface area (Å²) in [6.45, 7) is 0.151. The van der Waals surface area contributed by atoms with Crippen LogP contribution in [0.1, 0.15) is 5.56 Å². The molecule has 1 rings (SSSR count). The van der Waals surface area contributed by atoms with E-state index in [-0.39, 0.29) is 19.0 Å². The van der Waals surface area contributed by atoms with Crippen molar-refractivity contribution in [3.63, 3.8) is 0 Å². The summed E-state index contributed by atoms with van der Waals surface area (Å²) in [4.78, 5) is 11.3. The summed E-state index contributed by atoms with van der Waals surface area (Å²) < 4.78 is 9.64. The first-order valence-electron chi connectivity index (χ1n) is 4.84. The second-order valence-electron chi connectivity index (χ2n) is 3.14. The number of esters is 1. The molecule has 0 saturated heterocycles. The van der Waals surface area contributed by atoms with E-state index in [1.54, 1.807) is 13.2 Å². The van der Waals surface area contributed by atoms with Crippen LogP contribution >= 0.6 is 12.4 Å². The summed E-state index contributed by atoms with van der Waals surface area (Å²) in [6, 6.07) is 7.32. The fraction of sp³-hybridized carbons (Fsp3) is 0.250. The minimum atomic E-state index is -0.404. The molecule has 1 aromatic rings. The number of rotatable bonds is 4. The number of methoxy groups -OCH3 is 2. The molecule has 0 atom stereocenters. The fourth-order valence-electron chi connectivity index (χ4n) is 1.23. The molecule has 4 nitrogen and oxygen atoms in total. The van der Waals surface area contributed by atoms with Crippen molar-refractivity contribution in [2.24, 2.45) is 5.73 Å². The highest BCUT2D eigenvalue weighted by Gasteiger charge is 2.06. The molecular weight excluding hydrogens is 242 g/mol. The third-order valence-electron chi connectivity index (χ3n) is 2.12. The zero-order valence-electron chi connectivity index (χ0n) is 9.80. The van der Waals surface area contributed by atoms with Crippen molar-refractivity contribution in [3.05, 3.63) is 35.4 Å². The summed E-state index contributed by atoms with van der Waals surface area (Å²) in [5.74, 6) is 0.364. The van der Waals surface area contributed by atoms with E-state index in [2.05, 4.69) is 4.74 Å². The minimum Gasteiger partial charge on any atom is -0.497 e. The third kappa shape index (κ3) is 4.46. The quantitative estimate of drug-likeness (QED) is 0.658. The van der Waals surface area contributed by atoms with Gasteiger partial charge in [-0.3, -0.25) is 0 Å². The van der Waals surface area contributed by atoms with Crippen LogP contribution in [0.15, 0.2) is 29.8 Å². The van der Waals surface area contributed by atoms with Crippen LogP contribution in [-0.2, 0) is 9.53 Å². The van der Waals surface area contributed by atoms with Crippen molar-refractivity contribution in [2.75, 3.05) is 20.8 Å². The number of carbonyl (C=O) groups excluding carboxylic acids is 1. The SMILES string of the molecule is COC(=O)C(=Cc1ccc(OC)cc1)CN.Cl. The van der Waals surface area contributed by atoms with Crippen LogP contribution in [-0.4, -0.2) is 26.7 Å². The molecule has 0 spiro atoms. The summed E-state index contributed by atoms with van der Waals surface area (Å²) >= 11 is 0. The van der Waals surface area contributed by atoms with Gasteiger partial charge < -0.3 is 15.2 Å². The van der Waals surface area contributed by atoms with E-state index in [0.29, 0.717) is 5.57 Å². The molecule has 94 valence electrons. The van der Waals surface area contributed by atoms with E-state index >= 15 is 0 Å². The maximum Gasteiger partial charge on any atom is 0.335 e. The van der Waals surface area contributed by atoms with Crippen LogP contribution in [0.3, 0.4) is 0 Å².